The molecule has 22 heavy (non-hydrogen) atoms. The lowest BCUT2D eigenvalue weighted by atomic mass is 9.99. The normalized spacial score (nSPS) is 12.9. The molecule has 0 spiro atoms. The second kappa shape index (κ2) is 6.23. The minimum atomic E-state index is 0.300. The van der Waals surface area contributed by atoms with Crippen LogP contribution in [0, 0.1) is 13.8 Å². The molecule has 1 atom stereocenters. The van der Waals surface area contributed by atoms with Crippen molar-refractivity contribution in [2.45, 2.75) is 39.7 Å². The van der Waals surface area contributed by atoms with Gasteiger partial charge in [-0.3, -0.25) is 0 Å². The molecule has 116 valence electrons. The van der Waals surface area contributed by atoms with Gasteiger partial charge in [-0.05, 0) is 38.8 Å². The molecule has 0 radical (unpaired) electrons. The fraction of sp³-hybridized carbons (Fsp3) is 0.389. The van der Waals surface area contributed by atoms with Gasteiger partial charge in [0.2, 0.25) is 0 Å². The summed E-state index contributed by atoms with van der Waals surface area (Å²) in [6, 6.07) is 8.62. The van der Waals surface area contributed by atoms with E-state index in [1.54, 1.807) is 11.3 Å². The van der Waals surface area contributed by atoms with Crippen LogP contribution in [0.2, 0.25) is 0 Å². The average Bonchev–Trinajstić information content (AvgIpc) is 3.05. The molecule has 0 amide bonds. The monoisotopic (exact) mass is 313 g/mol. The number of nitrogens with two attached hydrogens (primary N) is 1. The van der Waals surface area contributed by atoms with Crippen LogP contribution in [-0.2, 0) is 13.0 Å². The molecule has 0 fully saturated rings. The highest BCUT2D eigenvalue weighted by Gasteiger charge is 2.18. The summed E-state index contributed by atoms with van der Waals surface area (Å²) >= 11 is 1.79. The largest absolute Gasteiger partial charge is 0.347 e. The van der Waals surface area contributed by atoms with E-state index in [0.717, 1.165) is 18.7 Å². The van der Waals surface area contributed by atoms with Crippen LogP contribution in [0.5, 0.6) is 0 Å². The molecule has 3 rings (SSSR count). The van der Waals surface area contributed by atoms with E-state index < -0.39 is 0 Å². The summed E-state index contributed by atoms with van der Waals surface area (Å²) in [5.41, 5.74) is 9.87. The molecule has 3 nitrogen and oxygen atoms in total. The summed E-state index contributed by atoms with van der Waals surface area (Å²) in [4.78, 5) is 6.01. The standard InChI is InChI=1S/C18H23N3S/c1-4-21-11-15(16-7-5-6-8-17(16)21)9-14(10-19)18-20-12(2)13(3)22-18/h5-8,11,14H,4,9-10,19H2,1-3H3. The lowest BCUT2D eigenvalue weighted by Crippen LogP contribution is -2.14. The van der Waals surface area contributed by atoms with Gasteiger partial charge in [0.25, 0.3) is 0 Å². The summed E-state index contributed by atoms with van der Waals surface area (Å²) < 4.78 is 2.32. The van der Waals surface area contributed by atoms with Crippen LogP contribution in [0.25, 0.3) is 10.9 Å². The van der Waals surface area contributed by atoms with Gasteiger partial charge in [0, 0.05) is 41.0 Å². The highest BCUT2D eigenvalue weighted by Crippen LogP contribution is 2.30. The summed E-state index contributed by atoms with van der Waals surface area (Å²) in [6.45, 7) is 8.02. The van der Waals surface area contributed by atoms with E-state index in [-0.39, 0.29) is 0 Å². The molecule has 0 saturated carbocycles. The molecule has 1 aromatic carbocycles. The maximum Gasteiger partial charge on any atom is 0.0977 e. The van der Waals surface area contributed by atoms with Crippen LogP contribution in [-0.4, -0.2) is 16.1 Å². The number of benzene rings is 1. The predicted molar refractivity (Wildman–Crippen MR) is 94.7 cm³/mol. The van der Waals surface area contributed by atoms with Crippen molar-refractivity contribution in [3.63, 3.8) is 0 Å². The number of hydrogen-bond acceptors (Lipinski definition) is 3. The van der Waals surface area contributed by atoms with Gasteiger partial charge in [0.05, 0.1) is 10.7 Å². The second-order valence-corrected chi connectivity index (χ2v) is 7.02. The number of rotatable bonds is 5. The van der Waals surface area contributed by atoms with E-state index in [1.807, 2.05) is 0 Å². The Bertz CT molecular complexity index is 765. The smallest absolute Gasteiger partial charge is 0.0977 e. The van der Waals surface area contributed by atoms with Crippen molar-refractivity contribution in [3.05, 3.63) is 51.6 Å². The minimum absolute atomic E-state index is 0.300. The summed E-state index contributed by atoms with van der Waals surface area (Å²) in [6.07, 6.45) is 3.23. The Labute approximate surface area is 135 Å². The lowest BCUT2D eigenvalue weighted by molar-refractivity contribution is 0.685. The predicted octanol–water partition coefficient (Wildman–Crippen LogP) is 4.02. The van der Waals surface area contributed by atoms with E-state index in [1.165, 1.54) is 26.4 Å². The van der Waals surface area contributed by atoms with E-state index >= 15 is 0 Å². The molecular formula is C18H23N3S. The molecule has 1 unspecified atom stereocenters. The van der Waals surface area contributed by atoms with Crippen molar-refractivity contribution in [1.29, 1.82) is 0 Å². The Morgan fingerprint density at radius 3 is 2.68 bits per heavy atom. The zero-order valence-electron chi connectivity index (χ0n) is 13.5. The van der Waals surface area contributed by atoms with E-state index in [0.29, 0.717) is 12.5 Å². The van der Waals surface area contributed by atoms with Gasteiger partial charge in [0.15, 0.2) is 0 Å². The highest BCUT2D eigenvalue weighted by atomic mass is 32.1. The number of aryl methyl sites for hydroxylation is 3. The van der Waals surface area contributed by atoms with Crippen LogP contribution in [0.15, 0.2) is 30.5 Å². The number of thiazole rings is 1. The minimum Gasteiger partial charge on any atom is -0.347 e. The number of fused-ring (bicyclic) bond motifs is 1. The first-order valence-corrected chi connectivity index (χ1v) is 8.66. The van der Waals surface area contributed by atoms with Crippen LogP contribution in [0.3, 0.4) is 0 Å². The molecule has 0 bridgehead atoms. The topological polar surface area (TPSA) is 43.8 Å². The van der Waals surface area contributed by atoms with Gasteiger partial charge in [-0.15, -0.1) is 11.3 Å². The fourth-order valence-electron chi connectivity index (χ4n) is 2.96. The Balaban J connectivity index is 1.97. The molecule has 2 N–H and O–H groups in total. The number of para-hydroxylation sites is 1. The van der Waals surface area contributed by atoms with E-state index in [2.05, 4.69) is 55.8 Å². The van der Waals surface area contributed by atoms with Gasteiger partial charge in [-0.25, -0.2) is 4.98 Å². The van der Waals surface area contributed by atoms with Crippen molar-refractivity contribution < 1.29 is 0 Å². The van der Waals surface area contributed by atoms with Crippen LogP contribution >= 0.6 is 11.3 Å². The Morgan fingerprint density at radius 2 is 2.05 bits per heavy atom. The summed E-state index contributed by atoms with van der Waals surface area (Å²) in [5, 5.41) is 2.51. The summed E-state index contributed by atoms with van der Waals surface area (Å²) in [7, 11) is 0. The Hall–Kier alpha value is -1.65. The van der Waals surface area contributed by atoms with Crippen molar-refractivity contribution >= 4 is 22.2 Å². The van der Waals surface area contributed by atoms with Crippen LogP contribution in [0.4, 0.5) is 0 Å². The average molecular weight is 313 g/mol. The van der Waals surface area contributed by atoms with Gasteiger partial charge < -0.3 is 10.3 Å². The fourth-order valence-corrected chi connectivity index (χ4v) is 3.99. The SMILES string of the molecule is CCn1cc(CC(CN)c2nc(C)c(C)s2)c2ccccc21. The van der Waals surface area contributed by atoms with Gasteiger partial charge >= 0.3 is 0 Å². The van der Waals surface area contributed by atoms with Crippen molar-refractivity contribution in [2.75, 3.05) is 6.54 Å². The molecule has 0 aliphatic heterocycles. The van der Waals surface area contributed by atoms with Crippen molar-refractivity contribution in [3.8, 4) is 0 Å². The third-order valence-electron chi connectivity index (χ3n) is 4.36. The van der Waals surface area contributed by atoms with Crippen molar-refractivity contribution in [2.24, 2.45) is 5.73 Å². The first kappa shape index (κ1) is 15.3. The molecular weight excluding hydrogens is 290 g/mol. The third-order valence-corrected chi connectivity index (χ3v) is 5.59. The van der Waals surface area contributed by atoms with Gasteiger partial charge in [0.1, 0.15) is 0 Å². The molecule has 0 aliphatic carbocycles. The van der Waals surface area contributed by atoms with Crippen LogP contribution in [0.1, 0.15) is 34.0 Å². The first-order valence-electron chi connectivity index (χ1n) is 7.84. The number of hydrogen-bond donors (Lipinski definition) is 1. The van der Waals surface area contributed by atoms with Gasteiger partial charge in [-0.2, -0.15) is 0 Å². The highest BCUT2D eigenvalue weighted by molar-refractivity contribution is 7.11. The molecule has 0 aliphatic rings. The van der Waals surface area contributed by atoms with E-state index in [9.17, 15) is 0 Å². The molecule has 4 heteroatoms. The molecule has 2 aromatic heterocycles. The zero-order valence-corrected chi connectivity index (χ0v) is 14.3. The first-order chi connectivity index (χ1) is 10.6. The molecule has 2 heterocycles. The summed E-state index contributed by atoms with van der Waals surface area (Å²) in [5.74, 6) is 0.300. The van der Waals surface area contributed by atoms with Gasteiger partial charge in [-0.1, -0.05) is 18.2 Å². The lowest BCUT2D eigenvalue weighted by Gasteiger charge is -2.11. The van der Waals surface area contributed by atoms with Crippen molar-refractivity contribution in [1.82, 2.24) is 9.55 Å². The number of nitrogens with zero attached hydrogens (tertiary/aromatic N) is 2. The number of aromatic nitrogens is 2. The van der Waals surface area contributed by atoms with E-state index in [4.69, 9.17) is 10.7 Å². The zero-order chi connectivity index (χ0) is 15.7. The maximum atomic E-state index is 6.06. The van der Waals surface area contributed by atoms with Crippen LogP contribution < -0.4 is 5.73 Å². The molecule has 0 saturated heterocycles. The Morgan fingerprint density at radius 1 is 1.27 bits per heavy atom. The molecule has 3 aromatic rings. The second-order valence-electron chi connectivity index (χ2n) is 5.79. The Kier molecular flexibility index (Phi) is 4.32. The quantitative estimate of drug-likeness (QED) is 0.773. The third kappa shape index (κ3) is 2.69. The maximum absolute atomic E-state index is 6.06.